The van der Waals surface area contributed by atoms with Crippen molar-refractivity contribution in [2.75, 3.05) is 33.0 Å². The largest absolute Gasteiger partial charge is 0.493 e. The monoisotopic (exact) mass is 734 g/mol. The first-order valence-electron chi connectivity index (χ1n) is 19.5. The number of rotatable bonds is 21. The number of para-hydroxylation sites is 1. The third-order valence-corrected chi connectivity index (χ3v) is 9.24. The Morgan fingerprint density at radius 1 is 0.685 bits per heavy atom. The molecule has 0 spiro atoms. The maximum Gasteiger partial charge on any atom is 0.223 e. The molecular weight excluding hydrogens is 681 g/mol. The van der Waals surface area contributed by atoms with Crippen LogP contribution in [0.2, 0.25) is 0 Å². The van der Waals surface area contributed by atoms with Gasteiger partial charge in [-0.05, 0) is 85.8 Å². The SMILES string of the molecule is Cc1nc(-c2ccc(CCOc3cc(OCCCc4ccccc4OCCCc4ccc(OC5CCCCO5)cc4)cc(OCCC(C)C)c3)cc2)no1. The molecule has 9 heteroatoms. The molecule has 1 fully saturated rings. The van der Waals surface area contributed by atoms with Crippen molar-refractivity contribution in [1.82, 2.24) is 10.1 Å². The van der Waals surface area contributed by atoms with E-state index >= 15 is 0 Å². The van der Waals surface area contributed by atoms with Crippen LogP contribution in [-0.2, 0) is 24.0 Å². The van der Waals surface area contributed by atoms with E-state index in [0.717, 1.165) is 104 Å². The van der Waals surface area contributed by atoms with Crippen LogP contribution in [0.1, 0.15) is 75.0 Å². The van der Waals surface area contributed by atoms with E-state index in [-0.39, 0.29) is 6.29 Å². The summed E-state index contributed by atoms with van der Waals surface area (Å²) in [6, 6.07) is 30.6. The van der Waals surface area contributed by atoms with Gasteiger partial charge in [-0.15, -0.1) is 0 Å². The van der Waals surface area contributed by atoms with Gasteiger partial charge in [0.25, 0.3) is 0 Å². The summed E-state index contributed by atoms with van der Waals surface area (Å²) in [5, 5.41) is 4.00. The summed E-state index contributed by atoms with van der Waals surface area (Å²) < 4.78 is 41.6. The lowest BCUT2D eigenvalue weighted by molar-refractivity contribution is -0.105. The molecule has 1 atom stereocenters. The second kappa shape index (κ2) is 20.4. The predicted octanol–water partition coefficient (Wildman–Crippen LogP) is 10.0. The molecule has 4 aromatic carbocycles. The summed E-state index contributed by atoms with van der Waals surface area (Å²) in [7, 11) is 0. The minimum atomic E-state index is -0.121. The van der Waals surface area contributed by atoms with Gasteiger partial charge in [0.05, 0.1) is 33.0 Å². The molecule has 286 valence electrons. The quantitative estimate of drug-likeness (QED) is 0.0683. The Bertz CT molecular complexity index is 1830. The molecule has 0 bridgehead atoms. The summed E-state index contributed by atoms with van der Waals surface area (Å²) in [5.41, 5.74) is 4.53. The van der Waals surface area contributed by atoms with E-state index in [2.05, 4.69) is 66.5 Å². The molecule has 1 aliphatic rings. The first-order chi connectivity index (χ1) is 26.5. The maximum atomic E-state index is 6.26. The van der Waals surface area contributed by atoms with Gasteiger partial charge in [0, 0.05) is 43.5 Å². The molecule has 6 rings (SSSR count). The van der Waals surface area contributed by atoms with E-state index < -0.39 is 0 Å². The van der Waals surface area contributed by atoms with Crippen molar-refractivity contribution in [3.8, 4) is 40.1 Å². The molecular formula is C45H54N2O7. The van der Waals surface area contributed by atoms with Crippen molar-refractivity contribution in [2.24, 2.45) is 5.92 Å². The molecule has 0 saturated carbocycles. The van der Waals surface area contributed by atoms with Crippen molar-refractivity contribution in [3.05, 3.63) is 114 Å². The zero-order chi connectivity index (χ0) is 37.4. The fourth-order valence-corrected chi connectivity index (χ4v) is 6.18. The Kier molecular flexibility index (Phi) is 14.6. The third kappa shape index (κ3) is 12.5. The predicted molar refractivity (Wildman–Crippen MR) is 210 cm³/mol. The fourth-order valence-electron chi connectivity index (χ4n) is 6.18. The smallest absolute Gasteiger partial charge is 0.223 e. The maximum absolute atomic E-state index is 6.26. The Labute approximate surface area is 319 Å². The van der Waals surface area contributed by atoms with E-state index in [4.69, 9.17) is 32.9 Å². The van der Waals surface area contributed by atoms with Crippen molar-refractivity contribution in [3.63, 3.8) is 0 Å². The highest BCUT2D eigenvalue weighted by Crippen LogP contribution is 2.29. The van der Waals surface area contributed by atoms with Crippen LogP contribution in [0, 0.1) is 12.8 Å². The minimum absolute atomic E-state index is 0.121. The summed E-state index contributed by atoms with van der Waals surface area (Å²) >= 11 is 0. The van der Waals surface area contributed by atoms with Crippen LogP contribution in [0.5, 0.6) is 28.7 Å². The number of benzene rings is 4. The van der Waals surface area contributed by atoms with Crippen LogP contribution >= 0.6 is 0 Å². The first-order valence-corrected chi connectivity index (χ1v) is 19.5. The Hall–Kier alpha value is -5.02. The Morgan fingerprint density at radius 3 is 2.06 bits per heavy atom. The number of nitrogens with zero attached hydrogens (tertiary/aromatic N) is 2. The molecule has 0 aliphatic carbocycles. The van der Waals surface area contributed by atoms with Crippen LogP contribution in [0.25, 0.3) is 11.4 Å². The number of aryl methyl sites for hydroxylation is 3. The number of ether oxygens (including phenoxy) is 6. The van der Waals surface area contributed by atoms with E-state index in [9.17, 15) is 0 Å². The first kappa shape index (κ1) is 38.7. The van der Waals surface area contributed by atoms with E-state index in [1.54, 1.807) is 6.92 Å². The van der Waals surface area contributed by atoms with Gasteiger partial charge in [-0.1, -0.05) is 73.6 Å². The van der Waals surface area contributed by atoms with Crippen molar-refractivity contribution in [1.29, 1.82) is 0 Å². The fraction of sp³-hybridized carbons (Fsp3) is 0.422. The van der Waals surface area contributed by atoms with Crippen LogP contribution in [0.15, 0.2) is 95.5 Å². The van der Waals surface area contributed by atoms with Gasteiger partial charge in [0.15, 0.2) is 6.29 Å². The standard InChI is InChI=1S/C45H54N2O7/c1-33(2)23-28-49-41-30-40(31-42(32-41)50-29-24-36-15-19-38(20-16-36)45-46-34(3)54-47-45)48-26-9-12-37-11-4-5-13-43(37)51-27-8-10-35-17-21-39(22-18-35)53-44-14-6-7-25-52-44/h4-5,11,13,15-22,30-33,44H,6-10,12,14,23-29H2,1-3H3. The molecule has 0 radical (unpaired) electrons. The minimum Gasteiger partial charge on any atom is -0.493 e. The topological polar surface area (TPSA) is 94.3 Å². The third-order valence-electron chi connectivity index (χ3n) is 9.24. The van der Waals surface area contributed by atoms with Gasteiger partial charge in [0.2, 0.25) is 11.7 Å². The Balaban J connectivity index is 0.949. The molecule has 5 aromatic rings. The van der Waals surface area contributed by atoms with Gasteiger partial charge >= 0.3 is 0 Å². The summed E-state index contributed by atoms with van der Waals surface area (Å²) in [4.78, 5) is 4.30. The highest BCUT2D eigenvalue weighted by Gasteiger charge is 2.15. The molecule has 1 aliphatic heterocycles. The van der Waals surface area contributed by atoms with Gasteiger partial charge in [0.1, 0.15) is 28.7 Å². The van der Waals surface area contributed by atoms with Gasteiger partial charge in [-0.2, -0.15) is 4.98 Å². The molecule has 1 aromatic heterocycles. The second-order valence-corrected chi connectivity index (χ2v) is 14.2. The number of aromatic nitrogens is 2. The highest BCUT2D eigenvalue weighted by atomic mass is 16.7. The normalized spacial score (nSPS) is 14.2. The molecule has 0 amide bonds. The van der Waals surface area contributed by atoms with Crippen LogP contribution in [0.4, 0.5) is 0 Å². The van der Waals surface area contributed by atoms with Crippen molar-refractivity contribution in [2.45, 2.75) is 84.8 Å². The molecule has 2 heterocycles. The number of hydrogen-bond donors (Lipinski definition) is 0. The lowest BCUT2D eigenvalue weighted by Gasteiger charge is -2.23. The molecule has 0 N–H and O–H groups in total. The lowest BCUT2D eigenvalue weighted by Crippen LogP contribution is -2.24. The number of hydrogen-bond acceptors (Lipinski definition) is 9. The van der Waals surface area contributed by atoms with Gasteiger partial charge in [-0.25, -0.2) is 0 Å². The van der Waals surface area contributed by atoms with E-state index in [1.165, 1.54) is 11.1 Å². The summed E-state index contributed by atoms with van der Waals surface area (Å²) in [5.74, 6) is 5.71. The lowest BCUT2D eigenvalue weighted by atomic mass is 10.1. The van der Waals surface area contributed by atoms with Gasteiger partial charge in [-0.3, -0.25) is 0 Å². The van der Waals surface area contributed by atoms with Crippen molar-refractivity contribution >= 4 is 0 Å². The highest BCUT2D eigenvalue weighted by molar-refractivity contribution is 5.54. The average Bonchev–Trinajstić information content (AvgIpc) is 3.63. The Morgan fingerprint density at radius 2 is 1.35 bits per heavy atom. The van der Waals surface area contributed by atoms with Gasteiger partial charge < -0.3 is 32.9 Å². The summed E-state index contributed by atoms with van der Waals surface area (Å²) in [6.45, 7) is 9.33. The van der Waals surface area contributed by atoms with E-state index in [1.807, 2.05) is 48.5 Å². The zero-order valence-corrected chi connectivity index (χ0v) is 32.0. The summed E-state index contributed by atoms with van der Waals surface area (Å²) in [6.07, 6.45) is 8.39. The van der Waals surface area contributed by atoms with Crippen LogP contribution < -0.4 is 23.7 Å². The van der Waals surface area contributed by atoms with Crippen LogP contribution in [-0.4, -0.2) is 49.5 Å². The molecule has 1 unspecified atom stereocenters. The molecule has 54 heavy (non-hydrogen) atoms. The van der Waals surface area contributed by atoms with Crippen LogP contribution in [0.3, 0.4) is 0 Å². The average molecular weight is 735 g/mol. The van der Waals surface area contributed by atoms with Crippen molar-refractivity contribution < 1.29 is 32.9 Å². The zero-order valence-electron chi connectivity index (χ0n) is 32.0. The van der Waals surface area contributed by atoms with E-state index in [0.29, 0.717) is 44.1 Å². The molecule has 9 nitrogen and oxygen atoms in total. The molecule has 1 saturated heterocycles. The second-order valence-electron chi connectivity index (χ2n) is 14.2.